The number of nitrogens with one attached hydrogen (secondary N) is 1. The average Bonchev–Trinajstić information content (AvgIpc) is 3.89. The van der Waals surface area contributed by atoms with Crippen LogP contribution in [0.5, 0.6) is 0 Å². The van der Waals surface area contributed by atoms with E-state index in [1.807, 2.05) is 12.1 Å². The molecule has 1 heterocycles. The fourth-order valence-electron chi connectivity index (χ4n) is 5.85. The molecule has 3 atom stereocenters. The number of nitrogens with zero attached hydrogens (tertiary/aromatic N) is 2. The molecule has 1 saturated carbocycles. The van der Waals surface area contributed by atoms with Crippen LogP contribution in [0.25, 0.3) is 0 Å². The Morgan fingerprint density at radius 2 is 1.65 bits per heavy atom. The Bertz CT molecular complexity index is 1630. The molecular formula is C35H38F3N3O4S. The number of carbonyl (C=O) groups excluding carboxylic acids is 1. The van der Waals surface area contributed by atoms with Crippen molar-refractivity contribution in [2.45, 2.75) is 68.1 Å². The first-order valence-electron chi connectivity index (χ1n) is 15.6. The Balaban J connectivity index is 1.30. The van der Waals surface area contributed by atoms with Crippen molar-refractivity contribution >= 4 is 21.4 Å². The summed E-state index contributed by atoms with van der Waals surface area (Å²) in [6.45, 7) is 3.45. The third-order valence-corrected chi connectivity index (χ3v) is 10.6. The van der Waals surface area contributed by atoms with E-state index in [-0.39, 0.29) is 34.9 Å². The van der Waals surface area contributed by atoms with Crippen LogP contribution in [0, 0.1) is 17.2 Å². The van der Waals surface area contributed by atoms with E-state index in [4.69, 9.17) is 4.74 Å². The van der Waals surface area contributed by atoms with E-state index in [1.54, 1.807) is 43.3 Å². The zero-order chi connectivity index (χ0) is 32.9. The minimum atomic E-state index is -4.38. The lowest BCUT2D eigenvalue weighted by Crippen LogP contribution is -2.45. The maximum absolute atomic E-state index is 13.2. The summed E-state index contributed by atoms with van der Waals surface area (Å²) in [5, 5.41) is 12.3. The summed E-state index contributed by atoms with van der Waals surface area (Å²) in [6, 6.07) is 20.3. The third-order valence-electron chi connectivity index (χ3n) is 8.86. The molecule has 0 bridgehead atoms. The number of hydrogen-bond acceptors (Lipinski definition) is 6. The summed E-state index contributed by atoms with van der Waals surface area (Å²) in [6.07, 6.45) is -0.361. The highest BCUT2D eigenvalue weighted by Gasteiger charge is 2.33. The Hall–Kier alpha value is -3.88. The summed E-state index contributed by atoms with van der Waals surface area (Å²) in [4.78, 5) is 15.7. The number of benzene rings is 3. The summed E-state index contributed by atoms with van der Waals surface area (Å²) >= 11 is 0. The lowest BCUT2D eigenvalue weighted by Gasteiger charge is -2.41. The second-order valence-corrected chi connectivity index (χ2v) is 14.4. The molecule has 1 amide bonds. The van der Waals surface area contributed by atoms with Crippen molar-refractivity contribution in [1.82, 2.24) is 5.32 Å². The van der Waals surface area contributed by atoms with Crippen molar-refractivity contribution in [3.63, 3.8) is 0 Å². The molecule has 7 nitrogen and oxygen atoms in total. The predicted molar refractivity (Wildman–Crippen MR) is 169 cm³/mol. The zero-order valence-corrected chi connectivity index (χ0v) is 26.5. The third kappa shape index (κ3) is 8.28. The van der Waals surface area contributed by atoms with Crippen LogP contribution < -0.4 is 10.2 Å². The number of carbonyl (C=O) groups is 1. The van der Waals surface area contributed by atoms with Gasteiger partial charge >= 0.3 is 6.18 Å². The van der Waals surface area contributed by atoms with Crippen LogP contribution in [0.4, 0.5) is 18.9 Å². The fraction of sp³-hybridized carbons (Fsp3) is 0.429. The number of alkyl halides is 3. The van der Waals surface area contributed by atoms with Crippen LogP contribution >= 0.6 is 0 Å². The highest BCUT2D eigenvalue weighted by Crippen LogP contribution is 2.36. The first-order valence-corrected chi connectivity index (χ1v) is 17.3. The van der Waals surface area contributed by atoms with Gasteiger partial charge in [0.25, 0.3) is 5.91 Å². The molecule has 5 rings (SSSR count). The van der Waals surface area contributed by atoms with Gasteiger partial charge in [-0.1, -0.05) is 31.2 Å². The number of halogens is 3. The normalized spacial score (nSPS) is 19.3. The largest absolute Gasteiger partial charge is 0.416 e. The molecule has 0 unspecified atom stereocenters. The maximum Gasteiger partial charge on any atom is 0.416 e. The number of hydrogen-bond donors (Lipinski definition) is 1. The fourth-order valence-corrected chi connectivity index (χ4v) is 6.74. The van der Waals surface area contributed by atoms with Crippen LogP contribution in [0.2, 0.25) is 0 Å². The summed E-state index contributed by atoms with van der Waals surface area (Å²) in [5.41, 5.74) is 2.10. The second-order valence-electron chi connectivity index (χ2n) is 12.1. The van der Waals surface area contributed by atoms with Crippen LogP contribution in [0.3, 0.4) is 0 Å². The number of ether oxygens (including phenoxy) is 1. The standard InChI is InChI=1S/C35H38F3N3O4S/c1-2-46(43,44)32-17-10-26(11-18-32)33(19-20-39)40-34(42)27-7-14-30(15-8-27)41-21-28(9-16-31(41)23-45-22-24-3-4-24)25-5-12-29(13-6-25)35(36,37)38/h5-8,10-15,17-18,24,28,31,33H,2-4,9,16,19,21-23H2,1H3,(H,40,42)/t28-,31-,33-/m1/s1. The smallest absolute Gasteiger partial charge is 0.379 e. The Morgan fingerprint density at radius 3 is 2.24 bits per heavy atom. The van der Waals surface area contributed by atoms with E-state index in [0.29, 0.717) is 30.2 Å². The number of sulfone groups is 1. The number of amides is 1. The van der Waals surface area contributed by atoms with E-state index < -0.39 is 27.6 Å². The SMILES string of the molecule is CCS(=O)(=O)c1ccc([C@@H](CC#N)NC(=O)c2ccc(N3C[C@H](c4ccc(C(F)(F)F)cc4)CC[C@@H]3COCC3CC3)cc2)cc1. The summed E-state index contributed by atoms with van der Waals surface area (Å²) in [7, 11) is -3.37. The molecule has 2 fully saturated rings. The van der Waals surface area contributed by atoms with Gasteiger partial charge in [0.2, 0.25) is 0 Å². The minimum Gasteiger partial charge on any atom is -0.379 e. The summed E-state index contributed by atoms with van der Waals surface area (Å²) < 4.78 is 69.8. The van der Waals surface area contributed by atoms with Crippen molar-refractivity contribution in [2.75, 3.05) is 30.4 Å². The van der Waals surface area contributed by atoms with Gasteiger partial charge in [-0.25, -0.2) is 8.42 Å². The molecule has 46 heavy (non-hydrogen) atoms. The van der Waals surface area contributed by atoms with Crippen molar-refractivity contribution in [3.05, 3.63) is 95.1 Å². The molecule has 0 spiro atoms. The lowest BCUT2D eigenvalue weighted by molar-refractivity contribution is -0.137. The number of rotatable bonds is 12. The molecule has 0 radical (unpaired) electrons. The molecule has 1 N–H and O–H groups in total. The minimum absolute atomic E-state index is 0.00531. The van der Waals surface area contributed by atoms with Crippen LogP contribution in [-0.4, -0.2) is 45.9 Å². The van der Waals surface area contributed by atoms with Gasteiger partial charge in [-0.3, -0.25) is 4.79 Å². The van der Waals surface area contributed by atoms with Crippen molar-refractivity contribution in [3.8, 4) is 6.07 Å². The van der Waals surface area contributed by atoms with Gasteiger partial charge in [-0.05, 0) is 91.3 Å². The van der Waals surface area contributed by atoms with Crippen molar-refractivity contribution in [1.29, 1.82) is 5.26 Å². The van der Waals surface area contributed by atoms with Gasteiger partial charge in [0, 0.05) is 30.3 Å². The molecule has 0 aromatic heterocycles. The van der Waals surface area contributed by atoms with Gasteiger partial charge in [0.05, 0.1) is 47.4 Å². The number of piperidine rings is 1. The lowest BCUT2D eigenvalue weighted by atomic mass is 9.86. The highest BCUT2D eigenvalue weighted by molar-refractivity contribution is 7.91. The van der Waals surface area contributed by atoms with E-state index in [0.717, 1.165) is 42.8 Å². The first kappa shape index (κ1) is 33.5. The van der Waals surface area contributed by atoms with Crippen LogP contribution in [0.1, 0.15) is 78.0 Å². The molecule has 3 aromatic rings. The van der Waals surface area contributed by atoms with E-state index >= 15 is 0 Å². The second kappa shape index (κ2) is 14.3. The molecule has 1 saturated heterocycles. The number of anilines is 1. The van der Waals surface area contributed by atoms with Gasteiger partial charge in [0.15, 0.2) is 9.84 Å². The van der Waals surface area contributed by atoms with Gasteiger partial charge in [-0.15, -0.1) is 0 Å². The molecule has 244 valence electrons. The average molecular weight is 654 g/mol. The van der Waals surface area contributed by atoms with E-state index in [9.17, 15) is 31.6 Å². The van der Waals surface area contributed by atoms with Gasteiger partial charge in [-0.2, -0.15) is 18.4 Å². The molecule has 2 aliphatic rings. The quantitative estimate of drug-likeness (QED) is 0.225. The highest BCUT2D eigenvalue weighted by atomic mass is 32.2. The predicted octanol–water partition coefficient (Wildman–Crippen LogP) is 7.06. The van der Waals surface area contributed by atoms with E-state index in [1.165, 1.54) is 25.0 Å². The van der Waals surface area contributed by atoms with E-state index in [2.05, 4.69) is 16.3 Å². The van der Waals surface area contributed by atoms with Gasteiger partial charge in [0.1, 0.15) is 0 Å². The van der Waals surface area contributed by atoms with Crippen molar-refractivity contribution in [2.24, 2.45) is 5.92 Å². The maximum atomic E-state index is 13.2. The topological polar surface area (TPSA) is 99.5 Å². The van der Waals surface area contributed by atoms with Crippen molar-refractivity contribution < 1.29 is 31.1 Å². The zero-order valence-electron chi connectivity index (χ0n) is 25.7. The monoisotopic (exact) mass is 653 g/mol. The van der Waals surface area contributed by atoms with Crippen LogP contribution in [0.15, 0.2) is 77.7 Å². The number of nitriles is 1. The molecule has 1 aliphatic carbocycles. The molecule has 1 aliphatic heterocycles. The summed E-state index contributed by atoms with van der Waals surface area (Å²) in [5.74, 6) is 0.266. The Morgan fingerprint density at radius 1 is 0.978 bits per heavy atom. The molecule has 3 aromatic carbocycles. The molecule has 11 heteroatoms. The van der Waals surface area contributed by atoms with Crippen LogP contribution in [-0.2, 0) is 20.8 Å². The molecular weight excluding hydrogens is 615 g/mol. The Labute approximate surface area is 268 Å². The van der Waals surface area contributed by atoms with Gasteiger partial charge < -0.3 is 15.0 Å². The Kier molecular flexibility index (Phi) is 10.4. The first-order chi connectivity index (χ1) is 22.0.